The normalized spacial score (nSPS) is 20.6. The van der Waals surface area contributed by atoms with E-state index >= 15 is 0 Å². The van der Waals surface area contributed by atoms with Crippen molar-refractivity contribution in [2.24, 2.45) is 0 Å². The number of carbonyl (C=O) groups excluding carboxylic acids is 1. The molecule has 0 radical (unpaired) electrons. The molecular formula is C19H17NO3S. The van der Waals surface area contributed by atoms with Crippen LogP contribution in [0, 0.1) is 0 Å². The first kappa shape index (κ1) is 15.1. The van der Waals surface area contributed by atoms with E-state index in [4.69, 9.17) is 0 Å². The zero-order valence-electron chi connectivity index (χ0n) is 13.1. The Morgan fingerprint density at radius 2 is 1.54 bits per heavy atom. The number of nitrogens with zero attached hydrogens (tertiary/aromatic N) is 1. The molecule has 24 heavy (non-hydrogen) atoms. The fourth-order valence-electron chi connectivity index (χ4n) is 3.60. The number of fused-ring (bicyclic) bond motifs is 1. The molecule has 1 atom stereocenters. The van der Waals surface area contributed by atoms with Gasteiger partial charge in [-0.3, -0.25) is 4.79 Å². The molecule has 1 saturated heterocycles. The van der Waals surface area contributed by atoms with Crippen LogP contribution in [0.4, 0.5) is 0 Å². The van der Waals surface area contributed by atoms with Gasteiger partial charge in [-0.1, -0.05) is 48.5 Å². The molecule has 2 aliphatic heterocycles. The summed E-state index contributed by atoms with van der Waals surface area (Å²) in [5, 5.41) is 0. The minimum Gasteiger partial charge on any atom is -0.331 e. The van der Waals surface area contributed by atoms with Gasteiger partial charge in [0.25, 0.3) is 0 Å². The molecule has 2 aromatic carbocycles. The van der Waals surface area contributed by atoms with Gasteiger partial charge >= 0.3 is 0 Å². The minimum atomic E-state index is -3.62. The number of amides is 1. The Morgan fingerprint density at radius 3 is 2.21 bits per heavy atom. The second kappa shape index (κ2) is 5.60. The van der Waals surface area contributed by atoms with Crippen molar-refractivity contribution in [3.63, 3.8) is 0 Å². The molecule has 0 bridgehead atoms. The average molecular weight is 339 g/mol. The van der Waals surface area contributed by atoms with E-state index in [2.05, 4.69) is 0 Å². The molecule has 122 valence electrons. The zero-order chi connectivity index (χ0) is 16.7. The third-order valence-electron chi connectivity index (χ3n) is 4.74. The highest BCUT2D eigenvalue weighted by Crippen LogP contribution is 2.42. The van der Waals surface area contributed by atoms with Crippen LogP contribution in [-0.4, -0.2) is 31.8 Å². The standard InChI is InChI=1S/C19H17NO3S/c21-18-12-11-16-19(14-7-3-1-4-8-14)17(13-20(16)18)24(22,23)15-9-5-2-6-10-15/h1-10,16H,11-13H2. The molecule has 5 heteroatoms. The minimum absolute atomic E-state index is 0.0340. The van der Waals surface area contributed by atoms with Gasteiger partial charge < -0.3 is 4.90 Å². The van der Waals surface area contributed by atoms with Crippen LogP contribution in [0.3, 0.4) is 0 Å². The van der Waals surface area contributed by atoms with Crippen LogP contribution in [0.15, 0.2) is 70.5 Å². The van der Waals surface area contributed by atoms with Gasteiger partial charge in [0.1, 0.15) is 0 Å². The van der Waals surface area contributed by atoms with E-state index in [0.717, 1.165) is 11.1 Å². The molecule has 1 unspecified atom stereocenters. The number of carbonyl (C=O) groups is 1. The predicted molar refractivity (Wildman–Crippen MR) is 91.7 cm³/mol. The predicted octanol–water partition coefficient (Wildman–Crippen LogP) is 2.88. The third kappa shape index (κ3) is 2.27. The summed E-state index contributed by atoms with van der Waals surface area (Å²) < 4.78 is 26.3. The molecule has 0 spiro atoms. The van der Waals surface area contributed by atoms with Gasteiger partial charge in [0.05, 0.1) is 22.4 Å². The second-order valence-electron chi connectivity index (χ2n) is 6.10. The van der Waals surface area contributed by atoms with Crippen molar-refractivity contribution in [2.75, 3.05) is 6.54 Å². The largest absolute Gasteiger partial charge is 0.331 e. The molecular weight excluding hydrogens is 322 g/mol. The lowest BCUT2D eigenvalue weighted by Gasteiger charge is -2.17. The fourth-order valence-corrected chi connectivity index (χ4v) is 5.25. The molecule has 2 heterocycles. The Kier molecular flexibility index (Phi) is 3.53. The van der Waals surface area contributed by atoms with E-state index < -0.39 is 9.84 Å². The molecule has 0 aliphatic carbocycles. The molecule has 2 aliphatic rings. The second-order valence-corrected chi connectivity index (χ2v) is 8.07. The van der Waals surface area contributed by atoms with Gasteiger partial charge in [-0.05, 0) is 29.7 Å². The molecule has 1 fully saturated rings. The van der Waals surface area contributed by atoms with Crippen LogP contribution in [0.2, 0.25) is 0 Å². The molecule has 0 aromatic heterocycles. The van der Waals surface area contributed by atoms with Crippen molar-refractivity contribution in [1.29, 1.82) is 0 Å². The highest BCUT2D eigenvalue weighted by molar-refractivity contribution is 7.95. The highest BCUT2D eigenvalue weighted by Gasteiger charge is 2.44. The Hall–Kier alpha value is -2.40. The summed E-state index contributed by atoms with van der Waals surface area (Å²) >= 11 is 0. The monoisotopic (exact) mass is 339 g/mol. The Morgan fingerprint density at radius 1 is 0.917 bits per heavy atom. The van der Waals surface area contributed by atoms with Crippen LogP contribution < -0.4 is 0 Å². The van der Waals surface area contributed by atoms with Gasteiger partial charge in [0.15, 0.2) is 0 Å². The van der Waals surface area contributed by atoms with Crippen molar-refractivity contribution < 1.29 is 13.2 Å². The summed E-state index contributed by atoms with van der Waals surface area (Å²) in [4.78, 5) is 14.5. The lowest BCUT2D eigenvalue weighted by molar-refractivity contribution is -0.127. The maximum atomic E-state index is 13.2. The fraction of sp³-hybridized carbons (Fsp3) is 0.211. The van der Waals surface area contributed by atoms with Gasteiger partial charge in [0.2, 0.25) is 15.7 Å². The number of sulfone groups is 1. The van der Waals surface area contributed by atoms with E-state index in [-0.39, 0.29) is 23.4 Å². The maximum absolute atomic E-state index is 13.2. The molecule has 2 aromatic rings. The Bertz CT molecular complexity index is 918. The van der Waals surface area contributed by atoms with Crippen molar-refractivity contribution in [3.8, 4) is 0 Å². The molecule has 1 amide bonds. The number of hydrogen-bond donors (Lipinski definition) is 0. The van der Waals surface area contributed by atoms with Crippen molar-refractivity contribution >= 4 is 21.3 Å². The van der Waals surface area contributed by atoms with E-state index in [0.29, 0.717) is 17.7 Å². The summed E-state index contributed by atoms with van der Waals surface area (Å²) in [7, 11) is -3.62. The SMILES string of the molecule is O=C1CCC2C(c3ccccc3)=C(S(=O)(=O)c3ccccc3)CN12. The summed E-state index contributed by atoms with van der Waals surface area (Å²) in [6.07, 6.45) is 1.16. The summed E-state index contributed by atoms with van der Waals surface area (Å²) in [5.41, 5.74) is 1.67. The van der Waals surface area contributed by atoms with Crippen molar-refractivity contribution in [3.05, 3.63) is 71.1 Å². The lowest BCUT2D eigenvalue weighted by Crippen LogP contribution is -2.29. The Labute approximate surface area is 141 Å². The van der Waals surface area contributed by atoms with Crippen LogP contribution in [0.5, 0.6) is 0 Å². The third-order valence-corrected chi connectivity index (χ3v) is 6.63. The first-order valence-electron chi connectivity index (χ1n) is 7.97. The topological polar surface area (TPSA) is 54.5 Å². The van der Waals surface area contributed by atoms with E-state index in [1.807, 2.05) is 30.3 Å². The van der Waals surface area contributed by atoms with Gasteiger partial charge in [-0.25, -0.2) is 8.42 Å². The maximum Gasteiger partial charge on any atom is 0.223 e. The number of rotatable bonds is 3. The van der Waals surface area contributed by atoms with Crippen molar-refractivity contribution in [1.82, 2.24) is 4.90 Å². The van der Waals surface area contributed by atoms with Crippen LogP contribution in [0.25, 0.3) is 5.57 Å². The quantitative estimate of drug-likeness (QED) is 0.864. The average Bonchev–Trinajstić information content (AvgIpc) is 3.17. The molecule has 4 nitrogen and oxygen atoms in total. The number of benzene rings is 2. The van der Waals surface area contributed by atoms with Gasteiger partial charge in [-0.15, -0.1) is 0 Å². The smallest absolute Gasteiger partial charge is 0.223 e. The van der Waals surface area contributed by atoms with Crippen molar-refractivity contribution in [2.45, 2.75) is 23.8 Å². The number of hydrogen-bond acceptors (Lipinski definition) is 3. The van der Waals surface area contributed by atoms with Crippen LogP contribution in [0.1, 0.15) is 18.4 Å². The van der Waals surface area contributed by atoms with Crippen LogP contribution in [-0.2, 0) is 14.6 Å². The first-order valence-corrected chi connectivity index (χ1v) is 9.45. The summed E-state index contributed by atoms with van der Waals surface area (Å²) in [6.45, 7) is 0.172. The van der Waals surface area contributed by atoms with E-state index in [1.54, 1.807) is 35.2 Å². The van der Waals surface area contributed by atoms with Gasteiger partial charge in [0, 0.05) is 6.42 Å². The first-order chi connectivity index (χ1) is 11.6. The van der Waals surface area contributed by atoms with E-state index in [1.165, 1.54) is 0 Å². The van der Waals surface area contributed by atoms with Crippen LogP contribution >= 0.6 is 0 Å². The van der Waals surface area contributed by atoms with E-state index in [9.17, 15) is 13.2 Å². The lowest BCUT2D eigenvalue weighted by atomic mass is 9.99. The molecule has 0 N–H and O–H groups in total. The molecule has 4 rings (SSSR count). The van der Waals surface area contributed by atoms with Gasteiger partial charge in [-0.2, -0.15) is 0 Å². The Balaban J connectivity index is 1.91. The summed E-state index contributed by atoms with van der Waals surface area (Å²) in [6, 6.07) is 17.9. The molecule has 0 saturated carbocycles. The zero-order valence-corrected chi connectivity index (χ0v) is 13.9. The highest BCUT2D eigenvalue weighted by atomic mass is 32.2. The summed E-state index contributed by atoms with van der Waals surface area (Å²) in [5.74, 6) is 0.0340.